The summed E-state index contributed by atoms with van der Waals surface area (Å²) in [5, 5.41) is 0. The lowest BCUT2D eigenvalue weighted by molar-refractivity contribution is 0.0285. The number of hydrogen-bond donors (Lipinski definition) is 0. The first-order chi connectivity index (χ1) is 11.9. The molecule has 4 heterocycles. The van der Waals surface area contributed by atoms with Crippen molar-refractivity contribution in [3.8, 4) is 5.82 Å². The smallest absolute Gasteiger partial charge is 0.138 e. The Morgan fingerprint density at radius 2 is 2.08 bits per heavy atom. The molecule has 0 aromatic carbocycles. The van der Waals surface area contributed by atoms with Gasteiger partial charge in [-0.25, -0.2) is 9.97 Å². The number of aryl methyl sites for hydroxylation is 1. The van der Waals surface area contributed by atoms with Gasteiger partial charge in [-0.1, -0.05) is 13.0 Å². The Morgan fingerprint density at radius 3 is 2.92 bits per heavy atom. The van der Waals surface area contributed by atoms with Gasteiger partial charge in [-0.3, -0.25) is 9.47 Å². The lowest BCUT2D eigenvalue weighted by atomic mass is 10.0. The van der Waals surface area contributed by atoms with Crippen LogP contribution < -0.4 is 0 Å². The Labute approximate surface area is 143 Å². The molecule has 0 radical (unpaired) electrons. The van der Waals surface area contributed by atoms with E-state index in [1.807, 2.05) is 12.4 Å². The van der Waals surface area contributed by atoms with Gasteiger partial charge in [0.2, 0.25) is 0 Å². The number of rotatable bonds is 4. The normalized spacial score (nSPS) is 23.0. The van der Waals surface area contributed by atoms with Crippen molar-refractivity contribution >= 4 is 0 Å². The topological polar surface area (TPSA) is 43.2 Å². The van der Waals surface area contributed by atoms with Crippen molar-refractivity contribution in [2.75, 3.05) is 19.8 Å². The largest absolute Gasteiger partial charge is 0.381 e. The average molecular weight is 326 g/mol. The molecule has 0 aliphatic carbocycles. The van der Waals surface area contributed by atoms with Crippen LogP contribution in [0.25, 0.3) is 5.82 Å². The number of likely N-dealkylation sites (tertiary alicyclic amines) is 1. The summed E-state index contributed by atoms with van der Waals surface area (Å²) < 4.78 is 7.65. The van der Waals surface area contributed by atoms with Crippen molar-refractivity contribution < 1.29 is 4.74 Å². The van der Waals surface area contributed by atoms with Crippen LogP contribution in [0, 0.1) is 0 Å². The fourth-order valence-corrected chi connectivity index (χ4v) is 4.12. The highest BCUT2D eigenvalue weighted by Gasteiger charge is 2.33. The van der Waals surface area contributed by atoms with Crippen LogP contribution in [-0.4, -0.2) is 45.2 Å². The number of pyridine rings is 1. The van der Waals surface area contributed by atoms with Gasteiger partial charge in [-0.05, 0) is 44.4 Å². The van der Waals surface area contributed by atoms with Gasteiger partial charge in [-0.15, -0.1) is 0 Å². The van der Waals surface area contributed by atoms with Crippen molar-refractivity contribution in [1.82, 2.24) is 19.4 Å². The zero-order valence-electron chi connectivity index (χ0n) is 14.4. The van der Waals surface area contributed by atoms with Gasteiger partial charge in [0.1, 0.15) is 11.6 Å². The van der Waals surface area contributed by atoms with Crippen LogP contribution in [0.4, 0.5) is 0 Å². The first-order valence-corrected chi connectivity index (χ1v) is 9.20. The molecule has 0 N–H and O–H groups in total. The molecule has 5 heteroatoms. The van der Waals surface area contributed by atoms with Gasteiger partial charge in [0.25, 0.3) is 0 Å². The molecule has 0 amide bonds. The number of ether oxygens (including phenoxy) is 1. The standard InChI is InChI=1S/C19H26N4O/c1-2-18-20-10-12-23(18)19-7-3-5-16(21-19)17-6-4-11-22(17)15-8-13-24-14-9-15/h3,5,7,10,12,15,17H,2,4,6,8-9,11,13-14H2,1H3. The van der Waals surface area contributed by atoms with E-state index in [0.717, 1.165) is 44.1 Å². The Morgan fingerprint density at radius 1 is 1.21 bits per heavy atom. The SMILES string of the molecule is CCc1nccn1-c1cccc(C2CCCN2C2CCOCC2)n1. The quantitative estimate of drug-likeness (QED) is 0.866. The van der Waals surface area contributed by atoms with E-state index in [1.165, 1.54) is 25.1 Å². The van der Waals surface area contributed by atoms with Gasteiger partial charge in [0.15, 0.2) is 0 Å². The maximum absolute atomic E-state index is 5.54. The molecule has 2 aromatic heterocycles. The van der Waals surface area contributed by atoms with E-state index in [9.17, 15) is 0 Å². The molecular formula is C19H26N4O. The maximum Gasteiger partial charge on any atom is 0.138 e. The third kappa shape index (κ3) is 2.98. The fraction of sp³-hybridized carbons (Fsp3) is 0.579. The third-order valence-electron chi connectivity index (χ3n) is 5.33. The zero-order valence-corrected chi connectivity index (χ0v) is 14.4. The maximum atomic E-state index is 5.54. The Hall–Kier alpha value is -1.72. The molecular weight excluding hydrogens is 300 g/mol. The summed E-state index contributed by atoms with van der Waals surface area (Å²) in [6.07, 6.45) is 9.55. The van der Waals surface area contributed by atoms with Gasteiger partial charge in [-0.2, -0.15) is 0 Å². The number of nitrogens with zero attached hydrogens (tertiary/aromatic N) is 4. The third-order valence-corrected chi connectivity index (χ3v) is 5.33. The lowest BCUT2D eigenvalue weighted by Crippen LogP contribution is -2.39. The van der Waals surface area contributed by atoms with E-state index in [1.54, 1.807) is 0 Å². The van der Waals surface area contributed by atoms with E-state index in [-0.39, 0.29) is 0 Å². The average Bonchev–Trinajstić information content (AvgIpc) is 3.31. The summed E-state index contributed by atoms with van der Waals surface area (Å²) in [5.41, 5.74) is 1.20. The van der Waals surface area contributed by atoms with Crippen LogP contribution >= 0.6 is 0 Å². The van der Waals surface area contributed by atoms with Crippen molar-refractivity contribution in [2.45, 2.75) is 51.1 Å². The molecule has 2 aromatic rings. The van der Waals surface area contributed by atoms with Crippen molar-refractivity contribution in [1.29, 1.82) is 0 Å². The van der Waals surface area contributed by atoms with Crippen LogP contribution in [0.3, 0.4) is 0 Å². The van der Waals surface area contributed by atoms with Crippen LogP contribution in [0.15, 0.2) is 30.6 Å². The second-order valence-corrected chi connectivity index (χ2v) is 6.73. The summed E-state index contributed by atoms with van der Waals surface area (Å²) in [7, 11) is 0. The van der Waals surface area contributed by atoms with Crippen molar-refractivity contribution in [3.63, 3.8) is 0 Å². The predicted molar refractivity (Wildman–Crippen MR) is 93.3 cm³/mol. The van der Waals surface area contributed by atoms with Gasteiger partial charge >= 0.3 is 0 Å². The summed E-state index contributed by atoms with van der Waals surface area (Å²) in [5.74, 6) is 2.05. The predicted octanol–water partition coefficient (Wildman–Crippen LogP) is 3.15. The molecule has 5 nitrogen and oxygen atoms in total. The Bertz CT molecular complexity index is 678. The summed E-state index contributed by atoms with van der Waals surface area (Å²) >= 11 is 0. The summed E-state index contributed by atoms with van der Waals surface area (Å²) in [4.78, 5) is 12.1. The minimum absolute atomic E-state index is 0.446. The first-order valence-electron chi connectivity index (χ1n) is 9.20. The monoisotopic (exact) mass is 326 g/mol. The van der Waals surface area contributed by atoms with Gasteiger partial charge in [0.05, 0.1) is 11.7 Å². The first kappa shape index (κ1) is 15.8. The van der Waals surface area contributed by atoms with Crippen LogP contribution in [0.1, 0.15) is 50.2 Å². The van der Waals surface area contributed by atoms with Crippen LogP contribution in [0.5, 0.6) is 0 Å². The minimum Gasteiger partial charge on any atom is -0.381 e. The molecule has 0 saturated carbocycles. The summed E-state index contributed by atoms with van der Waals surface area (Å²) in [6.45, 7) is 5.12. The highest BCUT2D eigenvalue weighted by molar-refractivity contribution is 5.28. The van der Waals surface area contributed by atoms with E-state index in [4.69, 9.17) is 9.72 Å². The molecule has 24 heavy (non-hydrogen) atoms. The van der Waals surface area contributed by atoms with E-state index in [0.29, 0.717) is 12.1 Å². The molecule has 0 spiro atoms. The second-order valence-electron chi connectivity index (χ2n) is 6.73. The molecule has 2 fully saturated rings. The highest BCUT2D eigenvalue weighted by Crippen LogP contribution is 2.35. The molecule has 1 atom stereocenters. The number of imidazole rings is 1. The zero-order chi connectivity index (χ0) is 16.4. The lowest BCUT2D eigenvalue weighted by Gasteiger charge is -2.35. The van der Waals surface area contributed by atoms with Crippen molar-refractivity contribution in [3.05, 3.63) is 42.1 Å². The number of aromatic nitrogens is 3. The molecule has 1 unspecified atom stereocenters. The van der Waals surface area contributed by atoms with Crippen molar-refractivity contribution in [2.24, 2.45) is 0 Å². The molecule has 0 bridgehead atoms. The molecule has 2 saturated heterocycles. The van der Waals surface area contributed by atoms with Gasteiger partial charge in [0, 0.05) is 38.1 Å². The molecule has 4 rings (SSSR count). The fourth-order valence-electron chi connectivity index (χ4n) is 4.12. The highest BCUT2D eigenvalue weighted by atomic mass is 16.5. The van der Waals surface area contributed by atoms with E-state index < -0.39 is 0 Å². The molecule has 2 aliphatic heterocycles. The van der Waals surface area contributed by atoms with Crippen LogP contribution in [-0.2, 0) is 11.2 Å². The number of hydrogen-bond acceptors (Lipinski definition) is 4. The minimum atomic E-state index is 0.446. The van der Waals surface area contributed by atoms with Gasteiger partial charge < -0.3 is 4.74 Å². The van der Waals surface area contributed by atoms with E-state index in [2.05, 4.69) is 39.6 Å². The van der Waals surface area contributed by atoms with Crippen LogP contribution in [0.2, 0.25) is 0 Å². The summed E-state index contributed by atoms with van der Waals surface area (Å²) in [6, 6.07) is 7.50. The molecule has 2 aliphatic rings. The van der Waals surface area contributed by atoms with E-state index >= 15 is 0 Å². The Kier molecular flexibility index (Phi) is 4.63. The second kappa shape index (κ2) is 7.03. The Balaban J connectivity index is 1.60. The molecule has 128 valence electrons.